The number of hydrogen-bond donors (Lipinski definition) is 1. The molecule has 2 heterocycles. The van der Waals surface area contributed by atoms with E-state index in [2.05, 4.69) is 51.8 Å². The smallest absolute Gasteiger partial charge is 0.257 e. The summed E-state index contributed by atoms with van der Waals surface area (Å²) in [7, 11) is 0. The molecule has 0 spiro atoms. The van der Waals surface area contributed by atoms with Crippen molar-refractivity contribution in [3.8, 4) is 5.75 Å². The molecule has 4 aromatic rings. The third kappa shape index (κ3) is 4.72. The Kier molecular flexibility index (Phi) is 5.94. The highest BCUT2D eigenvalue weighted by Crippen LogP contribution is 2.29. The summed E-state index contributed by atoms with van der Waals surface area (Å²) >= 11 is 1.48. The minimum absolute atomic E-state index is 0.152. The van der Waals surface area contributed by atoms with Crippen LogP contribution in [0.25, 0.3) is 10.2 Å². The summed E-state index contributed by atoms with van der Waals surface area (Å²) in [6.45, 7) is 8.57. The number of aromatic nitrogens is 5. The number of carbonyl (C=O) groups excluding carboxylic acids is 1. The molecule has 9 heteroatoms. The van der Waals surface area contributed by atoms with E-state index in [1.54, 1.807) is 28.9 Å². The van der Waals surface area contributed by atoms with Gasteiger partial charge in [-0.25, -0.2) is 9.67 Å². The monoisotopic (exact) mass is 436 g/mol. The number of benzene rings is 2. The van der Waals surface area contributed by atoms with Gasteiger partial charge in [-0.05, 0) is 72.2 Å². The molecule has 0 saturated heterocycles. The summed E-state index contributed by atoms with van der Waals surface area (Å²) < 4.78 is 8.54. The average Bonchev–Trinajstić information content (AvgIpc) is 3.38. The van der Waals surface area contributed by atoms with Crippen molar-refractivity contribution < 1.29 is 9.53 Å². The van der Waals surface area contributed by atoms with Gasteiger partial charge in [-0.2, -0.15) is 0 Å². The van der Waals surface area contributed by atoms with Crippen LogP contribution in [-0.2, 0) is 6.61 Å². The quantitative estimate of drug-likeness (QED) is 0.446. The lowest BCUT2D eigenvalue weighted by Crippen LogP contribution is -2.12. The van der Waals surface area contributed by atoms with E-state index in [-0.39, 0.29) is 18.6 Å². The van der Waals surface area contributed by atoms with Gasteiger partial charge in [0.1, 0.15) is 12.4 Å². The molecule has 0 bridgehead atoms. The molecule has 31 heavy (non-hydrogen) atoms. The lowest BCUT2D eigenvalue weighted by atomic mass is 10.0. The zero-order valence-corrected chi connectivity index (χ0v) is 18.7. The summed E-state index contributed by atoms with van der Waals surface area (Å²) in [5, 5.41) is 15.1. The Morgan fingerprint density at radius 3 is 2.61 bits per heavy atom. The van der Waals surface area contributed by atoms with Crippen molar-refractivity contribution in [1.29, 1.82) is 0 Å². The van der Waals surface area contributed by atoms with Crippen molar-refractivity contribution in [3.05, 3.63) is 59.4 Å². The Hall–Kier alpha value is -3.33. The maximum atomic E-state index is 12.6. The summed E-state index contributed by atoms with van der Waals surface area (Å²) in [5.74, 6) is 1.52. The molecule has 160 valence electrons. The van der Waals surface area contributed by atoms with Crippen molar-refractivity contribution in [3.63, 3.8) is 0 Å². The largest absolute Gasteiger partial charge is 0.486 e. The van der Waals surface area contributed by atoms with Gasteiger partial charge in [-0.1, -0.05) is 31.3 Å². The minimum Gasteiger partial charge on any atom is -0.486 e. The van der Waals surface area contributed by atoms with Crippen molar-refractivity contribution >= 4 is 32.6 Å². The first-order chi connectivity index (χ1) is 14.9. The van der Waals surface area contributed by atoms with Crippen LogP contribution in [0.15, 0.2) is 42.5 Å². The van der Waals surface area contributed by atoms with E-state index in [1.807, 2.05) is 19.9 Å². The SMILES string of the molecule is CC(C)c1ccc2nc(NC(=O)c3ccc(OCc4nnnn4C(C)C)cc3)sc2c1. The van der Waals surface area contributed by atoms with Crippen molar-refractivity contribution in [2.24, 2.45) is 0 Å². The second-order valence-corrected chi connectivity index (χ2v) is 8.83. The van der Waals surface area contributed by atoms with E-state index in [0.29, 0.717) is 28.2 Å². The minimum atomic E-state index is -0.210. The Morgan fingerprint density at radius 1 is 1.13 bits per heavy atom. The molecule has 0 aliphatic heterocycles. The number of nitrogens with one attached hydrogen (secondary N) is 1. The van der Waals surface area contributed by atoms with E-state index in [4.69, 9.17) is 4.74 Å². The number of tetrazole rings is 1. The van der Waals surface area contributed by atoms with Gasteiger partial charge in [0.25, 0.3) is 5.91 Å². The van der Waals surface area contributed by atoms with Crippen LogP contribution in [0.3, 0.4) is 0 Å². The Labute approximate surface area is 184 Å². The molecule has 0 fully saturated rings. The van der Waals surface area contributed by atoms with Crippen LogP contribution in [0.5, 0.6) is 5.75 Å². The Balaban J connectivity index is 1.40. The normalized spacial score (nSPS) is 11.4. The molecule has 1 amide bonds. The fraction of sp³-hybridized carbons (Fsp3) is 0.318. The number of thiazole rings is 1. The number of carbonyl (C=O) groups is 1. The van der Waals surface area contributed by atoms with E-state index < -0.39 is 0 Å². The third-order valence-corrected chi connectivity index (χ3v) is 5.77. The number of fused-ring (bicyclic) bond motifs is 1. The van der Waals surface area contributed by atoms with Crippen LogP contribution in [0.4, 0.5) is 5.13 Å². The molecule has 2 aromatic heterocycles. The van der Waals surface area contributed by atoms with Crippen LogP contribution in [0.1, 0.15) is 61.4 Å². The number of anilines is 1. The maximum Gasteiger partial charge on any atom is 0.257 e. The average molecular weight is 437 g/mol. The van der Waals surface area contributed by atoms with Gasteiger partial charge >= 0.3 is 0 Å². The second-order valence-electron chi connectivity index (χ2n) is 7.80. The molecule has 0 aliphatic carbocycles. The molecule has 0 atom stereocenters. The summed E-state index contributed by atoms with van der Waals surface area (Å²) in [6, 6.07) is 13.3. The van der Waals surface area contributed by atoms with Crippen molar-refractivity contribution in [2.75, 3.05) is 5.32 Å². The molecule has 0 aliphatic rings. The second kappa shape index (κ2) is 8.81. The predicted molar refractivity (Wildman–Crippen MR) is 121 cm³/mol. The summed E-state index contributed by atoms with van der Waals surface area (Å²) in [5.41, 5.74) is 2.67. The summed E-state index contributed by atoms with van der Waals surface area (Å²) in [4.78, 5) is 17.1. The van der Waals surface area contributed by atoms with E-state index in [0.717, 1.165) is 10.2 Å². The molecule has 0 unspecified atom stereocenters. The lowest BCUT2D eigenvalue weighted by molar-refractivity contribution is 0.102. The lowest BCUT2D eigenvalue weighted by Gasteiger charge is -2.09. The molecule has 1 N–H and O–H groups in total. The van der Waals surface area contributed by atoms with Gasteiger partial charge in [-0.15, -0.1) is 5.10 Å². The van der Waals surface area contributed by atoms with Gasteiger partial charge in [-0.3, -0.25) is 10.1 Å². The van der Waals surface area contributed by atoms with Gasteiger partial charge < -0.3 is 4.74 Å². The van der Waals surface area contributed by atoms with Crippen molar-refractivity contribution in [2.45, 2.75) is 46.3 Å². The van der Waals surface area contributed by atoms with Crippen LogP contribution < -0.4 is 10.1 Å². The third-order valence-electron chi connectivity index (χ3n) is 4.83. The van der Waals surface area contributed by atoms with Gasteiger partial charge in [0, 0.05) is 5.56 Å². The predicted octanol–water partition coefficient (Wildman–Crippen LogP) is 4.82. The zero-order chi connectivity index (χ0) is 22.0. The first-order valence-electron chi connectivity index (χ1n) is 10.1. The van der Waals surface area contributed by atoms with Crippen LogP contribution in [0, 0.1) is 0 Å². The zero-order valence-electron chi connectivity index (χ0n) is 17.9. The van der Waals surface area contributed by atoms with Crippen LogP contribution in [-0.4, -0.2) is 31.1 Å². The maximum absolute atomic E-state index is 12.6. The van der Waals surface area contributed by atoms with Gasteiger partial charge in [0.15, 0.2) is 11.0 Å². The molecular formula is C22H24N6O2S. The highest BCUT2D eigenvalue weighted by atomic mass is 32.1. The number of hydrogen-bond acceptors (Lipinski definition) is 7. The molecule has 8 nitrogen and oxygen atoms in total. The molecule has 2 aromatic carbocycles. The summed E-state index contributed by atoms with van der Waals surface area (Å²) in [6.07, 6.45) is 0. The number of amides is 1. The number of ether oxygens (including phenoxy) is 1. The fourth-order valence-corrected chi connectivity index (χ4v) is 3.99. The number of nitrogens with zero attached hydrogens (tertiary/aromatic N) is 5. The number of rotatable bonds is 7. The van der Waals surface area contributed by atoms with E-state index in [9.17, 15) is 4.79 Å². The topological polar surface area (TPSA) is 94.8 Å². The molecular weight excluding hydrogens is 412 g/mol. The first-order valence-corrected chi connectivity index (χ1v) is 10.9. The Bertz CT molecular complexity index is 1200. The van der Waals surface area contributed by atoms with Crippen LogP contribution >= 0.6 is 11.3 Å². The molecule has 4 rings (SSSR count). The fourth-order valence-electron chi connectivity index (χ4n) is 3.08. The Morgan fingerprint density at radius 2 is 1.90 bits per heavy atom. The standard InChI is InChI=1S/C22H24N6O2S/c1-13(2)16-7-10-18-19(11-16)31-22(23-18)24-21(29)15-5-8-17(9-6-15)30-12-20-25-26-27-28(20)14(3)4/h5-11,13-14H,12H2,1-4H3,(H,23,24,29). The molecule has 0 radical (unpaired) electrons. The van der Waals surface area contributed by atoms with Gasteiger partial charge in [0.05, 0.1) is 16.3 Å². The van der Waals surface area contributed by atoms with E-state index >= 15 is 0 Å². The van der Waals surface area contributed by atoms with Crippen molar-refractivity contribution in [1.82, 2.24) is 25.2 Å². The molecule has 0 saturated carbocycles. The highest BCUT2D eigenvalue weighted by molar-refractivity contribution is 7.22. The van der Waals surface area contributed by atoms with E-state index in [1.165, 1.54) is 16.9 Å². The highest BCUT2D eigenvalue weighted by Gasteiger charge is 2.13. The van der Waals surface area contributed by atoms with Crippen LogP contribution in [0.2, 0.25) is 0 Å². The first kappa shape index (κ1) is 20.9. The van der Waals surface area contributed by atoms with Gasteiger partial charge in [0.2, 0.25) is 0 Å².